The van der Waals surface area contributed by atoms with Gasteiger partial charge in [-0.25, -0.2) is 4.39 Å². The summed E-state index contributed by atoms with van der Waals surface area (Å²) in [5.41, 5.74) is -0.209. The van der Waals surface area contributed by atoms with E-state index in [2.05, 4.69) is 5.32 Å². The molecule has 0 radical (unpaired) electrons. The molecule has 1 aromatic rings. The normalized spacial score (nSPS) is 28.2. The van der Waals surface area contributed by atoms with Crippen molar-refractivity contribution in [3.63, 3.8) is 0 Å². The van der Waals surface area contributed by atoms with E-state index < -0.39 is 23.1 Å². The summed E-state index contributed by atoms with van der Waals surface area (Å²) in [6, 6.07) is 4.58. The van der Waals surface area contributed by atoms with Gasteiger partial charge in [-0.1, -0.05) is 0 Å². The number of hydrogen-bond acceptors (Lipinski definition) is 5. The fraction of sp³-hybridized carbons (Fsp3) is 0.579. The monoisotopic (exact) mass is 396 g/mol. The smallest absolute Gasteiger partial charge is 0.311 e. The van der Waals surface area contributed by atoms with Crippen LogP contribution in [0.1, 0.15) is 26.7 Å². The Labute approximate surface area is 162 Å². The zero-order chi connectivity index (χ0) is 19.6. The van der Waals surface area contributed by atoms with Gasteiger partial charge in [-0.3, -0.25) is 9.59 Å². The number of thioether (sulfide) groups is 1. The number of carbonyl (C=O) groups is 2. The van der Waals surface area contributed by atoms with E-state index in [4.69, 9.17) is 4.74 Å². The summed E-state index contributed by atoms with van der Waals surface area (Å²) in [5, 5.41) is 12.1. The second-order valence-electron chi connectivity index (χ2n) is 7.44. The van der Waals surface area contributed by atoms with Crippen molar-refractivity contribution in [3.8, 4) is 0 Å². The van der Waals surface area contributed by atoms with Crippen LogP contribution in [0.15, 0.2) is 18.2 Å². The molecule has 2 heterocycles. The largest absolute Gasteiger partial charge is 0.481 e. The van der Waals surface area contributed by atoms with E-state index in [-0.39, 0.29) is 18.6 Å². The number of halogens is 1. The lowest BCUT2D eigenvalue weighted by molar-refractivity contribution is -0.149. The Hall–Kier alpha value is -1.80. The van der Waals surface area contributed by atoms with E-state index in [1.165, 1.54) is 6.07 Å². The molecule has 1 aromatic carbocycles. The van der Waals surface area contributed by atoms with E-state index >= 15 is 0 Å². The number of carboxylic acid groups (broad SMARTS) is 1. The number of nitrogens with zero attached hydrogens (tertiary/aromatic N) is 1. The Kier molecular flexibility index (Phi) is 5.95. The van der Waals surface area contributed by atoms with Gasteiger partial charge in [0, 0.05) is 31.0 Å². The van der Waals surface area contributed by atoms with Crippen LogP contribution in [0, 0.1) is 11.2 Å². The molecule has 0 aliphatic carbocycles. The first-order valence-electron chi connectivity index (χ1n) is 9.10. The topological polar surface area (TPSA) is 78.9 Å². The lowest BCUT2D eigenvalue weighted by atomic mass is 9.84. The number of ether oxygens (including phenoxy) is 1. The van der Waals surface area contributed by atoms with Crippen molar-refractivity contribution in [1.82, 2.24) is 0 Å². The van der Waals surface area contributed by atoms with Crippen LogP contribution in [0.4, 0.5) is 15.8 Å². The number of carboxylic acids is 1. The molecule has 1 amide bonds. The standard InChI is InChI=1S/C19H25FN2O4S/c1-12-9-22(10-13(2)26-12)16-4-3-14(7-15(16)20)21-17(23)8-19(18(24)25)5-6-27-11-19/h3-4,7,12-13H,5-6,8-11H2,1-2H3,(H,21,23)(H,24,25)/t12-,13-,19+/m1/s1. The molecule has 27 heavy (non-hydrogen) atoms. The van der Waals surface area contributed by atoms with E-state index in [9.17, 15) is 19.1 Å². The molecule has 6 nitrogen and oxygen atoms in total. The van der Waals surface area contributed by atoms with Crippen molar-refractivity contribution in [2.24, 2.45) is 5.41 Å². The molecule has 0 unspecified atom stereocenters. The number of amides is 1. The highest BCUT2D eigenvalue weighted by Crippen LogP contribution is 2.39. The molecular formula is C19H25FN2O4S. The number of aliphatic carboxylic acids is 1. The summed E-state index contributed by atoms with van der Waals surface area (Å²) >= 11 is 1.54. The summed E-state index contributed by atoms with van der Waals surface area (Å²) in [4.78, 5) is 25.8. The van der Waals surface area contributed by atoms with Crippen LogP contribution in [0.25, 0.3) is 0 Å². The predicted octanol–water partition coefficient (Wildman–Crippen LogP) is 2.98. The lowest BCUT2D eigenvalue weighted by Gasteiger charge is -2.37. The molecule has 2 fully saturated rings. The SMILES string of the molecule is C[C@@H]1CN(c2ccc(NC(=O)C[C@@]3(C(=O)O)CCSC3)cc2F)C[C@@H](C)O1. The Morgan fingerprint density at radius 3 is 2.63 bits per heavy atom. The van der Waals surface area contributed by atoms with Crippen LogP contribution in [-0.4, -0.2) is 53.8 Å². The Balaban J connectivity index is 1.67. The highest BCUT2D eigenvalue weighted by Gasteiger charge is 2.43. The fourth-order valence-electron chi connectivity index (χ4n) is 3.72. The number of morpholine rings is 1. The molecule has 8 heteroatoms. The fourth-order valence-corrected chi connectivity index (χ4v) is 5.16. The minimum atomic E-state index is -1.02. The summed E-state index contributed by atoms with van der Waals surface area (Å²) in [5.74, 6) is -0.602. The van der Waals surface area contributed by atoms with Gasteiger partial charge >= 0.3 is 5.97 Å². The molecule has 3 atom stereocenters. The van der Waals surface area contributed by atoms with Crippen LogP contribution >= 0.6 is 11.8 Å². The van der Waals surface area contributed by atoms with E-state index in [0.717, 1.165) is 5.75 Å². The van der Waals surface area contributed by atoms with Crippen LogP contribution in [-0.2, 0) is 14.3 Å². The minimum Gasteiger partial charge on any atom is -0.481 e. The number of carbonyl (C=O) groups excluding carboxylic acids is 1. The molecular weight excluding hydrogens is 371 g/mol. The first-order chi connectivity index (χ1) is 12.8. The third kappa shape index (κ3) is 4.55. The summed E-state index contributed by atoms with van der Waals surface area (Å²) < 4.78 is 20.3. The van der Waals surface area contributed by atoms with Crippen LogP contribution in [0.3, 0.4) is 0 Å². The molecule has 0 saturated carbocycles. The maximum absolute atomic E-state index is 14.6. The minimum absolute atomic E-state index is 0.0176. The Morgan fingerprint density at radius 1 is 1.37 bits per heavy atom. The van der Waals surface area contributed by atoms with E-state index in [1.54, 1.807) is 23.9 Å². The van der Waals surface area contributed by atoms with Crippen molar-refractivity contribution in [2.45, 2.75) is 38.9 Å². The highest BCUT2D eigenvalue weighted by molar-refractivity contribution is 7.99. The maximum atomic E-state index is 14.6. The van der Waals surface area contributed by atoms with Gasteiger partial charge in [0.25, 0.3) is 0 Å². The average Bonchev–Trinajstić information content (AvgIpc) is 3.03. The van der Waals surface area contributed by atoms with Crippen molar-refractivity contribution in [3.05, 3.63) is 24.0 Å². The predicted molar refractivity (Wildman–Crippen MR) is 104 cm³/mol. The van der Waals surface area contributed by atoms with Crippen molar-refractivity contribution < 1.29 is 23.8 Å². The second kappa shape index (κ2) is 8.06. The molecule has 3 rings (SSSR count). The molecule has 2 saturated heterocycles. The molecule has 148 valence electrons. The zero-order valence-electron chi connectivity index (χ0n) is 15.5. The number of nitrogens with one attached hydrogen (secondary N) is 1. The molecule has 0 aromatic heterocycles. The first-order valence-corrected chi connectivity index (χ1v) is 10.3. The van der Waals surface area contributed by atoms with Crippen LogP contribution < -0.4 is 10.2 Å². The van der Waals surface area contributed by atoms with Crippen LogP contribution in [0.2, 0.25) is 0 Å². The number of benzene rings is 1. The van der Waals surface area contributed by atoms with Gasteiger partial charge in [-0.05, 0) is 44.2 Å². The molecule has 2 aliphatic heterocycles. The van der Waals surface area contributed by atoms with Gasteiger partial charge in [0.2, 0.25) is 5.91 Å². The van der Waals surface area contributed by atoms with Gasteiger partial charge in [0.05, 0.1) is 23.3 Å². The maximum Gasteiger partial charge on any atom is 0.311 e. The molecule has 0 bridgehead atoms. The lowest BCUT2D eigenvalue weighted by Crippen LogP contribution is -2.45. The van der Waals surface area contributed by atoms with Crippen molar-refractivity contribution in [2.75, 3.05) is 34.8 Å². The quantitative estimate of drug-likeness (QED) is 0.797. The van der Waals surface area contributed by atoms with Gasteiger partial charge in [-0.15, -0.1) is 0 Å². The van der Waals surface area contributed by atoms with Gasteiger partial charge in [0.15, 0.2) is 0 Å². The van der Waals surface area contributed by atoms with Crippen molar-refractivity contribution >= 4 is 35.0 Å². The first kappa shape index (κ1) is 19.9. The van der Waals surface area contributed by atoms with Gasteiger partial charge < -0.3 is 20.1 Å². The zero-order valence-corrected chi connectivity index (χ0v) is 16.4. The third-order valence-corrected chi connectivity index (χ3v) is 6.30. The summed E-state index contributed by atoms with van der Waals surface area (Å²) in [6.07, 6.45) is 0.409. The second-order valence-corrected chi connectivity index (χ2v) is 8.55. The molecule has 0 spiro atoms. The molecule has 2 aliphatic rings. The number of rotatable bonds is 5. The molecule has 2 N–H and O–H groups in total. The van der Waals surface area contributed by atoms with E-state index in [1.807, 2.05) is 18.7 Å². The van der Waals surface area contributed by atoms with E-state index in [0.29, 0.717) is 36.6 Å². The number of hydrogen-bond donors (Lipinski definition) is 2. The number of anilines is 2. The van der Waals surface area contributed by atoms with Gasteiger partial charge in [0.1, 0.15) is 5.82 Å². The van der Waals surface area contributed by atoms with Crippen LogP contribution in [0.5, 0.6) is 0 Å². The Morgan fingerprint density at radius 2 is 2.07 bits per heavy atom. The highest BCUT2D eigenvalue weighted by atomic mass is 32.2. The van der Waals surface area contributed by atoms with Gasteiger partial charge in [-0.2, -0.15) is 11.8 Å². The summed E-state index contributed by atoms with van der Waals surface area (Å²) in [6.45, 7) is 5.11. The third-order valence-electron chi connectivity index (χ3n) is 5.05. The van der Waals surface area contributed by atoms with Crippen molar-refractivity contribution in [1.29, 1.82) is 0 Å². The average molecular weight is 396 g/mol. The summed E-state index contributed by atoms with van der Waals surface area (Å²) in [7, 11) is 0. The Bertz CT molecular complexity index is 714.